The SMILES string of the molecule is Cc1ccc(C(=O)NCC(=O)OCC(=O)NCCc2ccc(F)cc2)cc1C. The first-order valence-corrected chi connectivity index (χ1v) is 8.87. The number of nitrogens with one attached hydrogen (secondary N) is 2. The Morgan fingerprint density at radius 3 is 2.36 bits per heavy atom. The van der Waals surface area contributed by atoms with E-state index in [2.05, 4.69) is 10.6 Å². The second kappa shape index (κ2) is 10.2. The summed E-state index contributed by atoms with van der Waals surface area (Å²) in [5, 5.41) is 5.07. The first-order valence-electron chi connectivity index (χ1n) is 8.87. The third-order valence-electron chi connectivity index (χ3n) is 4.18. The van der Waals surface area contributed by atoms with Crippen molar-refractivity contribution in [3.8, 4) is 0 Å². The molecule has 0 atom stereocenters. The molecule has 0 aliphatic heterocycles. The molecule has 0 unspecified atom stereocenters. The van der Waals surface area contributed by atoms with E-state index in [9.17, 15) is 18.8 Å². The summed E-state index contributed by atoms with van der Waals surface area (Å²) in [6, 6.07) is 11.2. The summed E-state index contributed by atoms with van der Waals surface area (Å²) in [5.74, 6) is -1.85. The Morgan fingerprint density at radius 2 is 1.68 bits per heavy atom. The summed E-state index contributed by atoms with van der Waals surface area (Å²) in [5.41, 5.74) is 3.39. The largest absolute Gasteiger partial charge is 0.454 e. The number of esters is 1. The van der Waals surface area contributed by atoms with Gasteiger partial charge < -0.3 is 15.4 Å². The van der Waals surface area contributed by atoms with Gasteiger partial charge in [-0.3, -0.25) is 14.4 Å². The number of carbonyl (C=O) groups excluding carboxylic acids is 3. The fourth-order valence-electron chi connectivity index (χ4n) is 2.38. The van der Waals surface area contributed by atoms with Crippen molar-refractivity contribution < 1.29 is 23.5 Å². The molecule has 2 rings (SSSR count). The van der Waals surface area contributed by atoms with Crippen LogP contribution in [0.4, 0.5) is 4.39 Å². The van der Waals surface area contributed by atoms with Gasteiger partial charge >= 0.3 is 5.97 Å². The summed E-state index contributed by atoms with van der Waals surface area (Å²) in [7, 11) is 0. The van der Waals surface area contributed by atoms with Crippen molar-refractivity contribution in [2.45, 2.75) is 20.3 Å². The molecule has 0 bridgehead atoms. The highest BCUT2D eigenvalue weighted by molar-refractivity contribution is 5.96. The number of carbonyl (C=O) groups is 3. The maximum atomic E-state index is 12.8. The molecule has 28 heavy (non-hydrogen) atoms. The number of benzene rings is 2. The number of hydrogen-bond acceptors (Lipinski definition) is 4. The second-order valence-corrected chi connectivity index (χ2v) is 6.37. The number of amides is 2. The summed E-state index contributed by atoms with van der Waals surface area (Å²) < 4.78 is 17.6. The minimum absolute atomic E-state index is 0.315. The van der Waals surface area contributed by atoms with Crippen LogP contribution in [0.1, 0.15) is 27.0 Å². The topological polar surface area (TPSA) is 84.5 Å². The average molecular weight is 386 g/mol. The molecule has 6 nitrogen and oxygen atoms in total. The number of halogens is 1. The Balaban J connectivity index is 1.64. The molecule has 0 radical (unpaired) electrons. The minimum Gasteiger partial charge on any atom is -0.454 e. The molecule has 148 valence electrons. The highest BCUT2D eigenvalue weighted by Crippen LogP contribution is 2.09. The van der Waals surface area contributed by atoms with Gasteiger partial charge in [-0.25, -0.2) is 4.39 Å². The fourth-order valence-corrected chi connectivity index (χ4v) is 2.38. The average Bonchev–Trinajstić information content (AvgIpc) is 2.68. The zero-order valence-electron chi connectivity index (χ0n) is 15.9. The minimum atomic E-state index is -0.703. The van der Waals surface area contributed by atoms with E-state index < -0.39 is 18.5 Å². The van der Waals surface area contributed by atoms with Crippen LogP contribution in [0.25, 0.3) is 0 Å². The molecule has 2 aromatic carbocycles. The second-order valence-electron chi connectivity index (χ2n) is 6.37. The Labute approximate surface area is 163 Å². The molecule has 0 heterocycles. The van der Waals surface area contributed by atoms with E-state index in [1.807, 2.05) is 19.9 Å². The Morgan fingerprint density at radius 1 is 0.964 bits per heavy atom. The maximum absolute atomic E-state index is 12.8. The van der Waals surface area contributed by atoms with Crippen LogP contribution >= 0.6 is 0 Å². The summed E-state index contributed by atoms with van der Waals surface area (Å²) in [6.07, 6.45) is 0.534. The Hall–Kier alpha value is -3.22. The standard InChI is InChI=1S/C21H23FN2O4/c1-14-3-6-17(11-15(14)2)21(27)24-12-20(26)28-13-19(25)23-10-9-16-4-7-18(22)8-5-16/h3-8,11H,9-10,12-13H2,1-2H3,(H,23,25)(H,24,27). The predicted octanol–water partition coefficient (Wildman–Crippen LogP) is 2.07. The van der Waals surface area contributed by atoms with Gasteiger partial charge in [-0.15, -0.1) is 0 Å². The van der Waals surface area contributed by atoms with E-state index in [0.717, 1.165) is 16.7 Å². The smallest absolute Gasteiger partial charge is 0.325 e. The van der Waals surface area contributed by atoms with Crippen molar-refractivity contribution in [3.63, 3.8) is 0 Å². The van der Waals surface area contributed by atoms with Crippen molar-refractivity contribution in [3.05, 3.63) is 70.5 Å². The Bertz CT molecular complexity index is 850. The molecule has 0 aliphatic carbocycles. The molecular formula is C21H23FN2O4. The highest BCUT2D eigenvalue weighted by atomic mass is 19.1. The van der Waals surface area contributed by atoms with Gasteiger partial charge in [-0.05, 0) is 61.2 Å². The van der Waals surface area contributed by atoms with Crippen LogP contribution in [0.3, 0.4) is 0 Å². The fraction of sp³-hybridized carbons (Fsp3) is 0.286. The van der Waals surface area contributed by atoms with Crippen LogP contribution in [0, 0.1) is 19.7 Å². The van der Waals surface area contributed by atoms with E-state index in [-0.39, 0.29) is 18.3 Å². The van der Waals surface area contributed by atoms with Crippen LogP contribution in [0.2, 0.25) is 0 Å². The van der Waals surface area contributed by atoms with Crippen molar-refractivity contribution in [1.29, 1.82) is 0 Å². The monoisotopic (exact) mass is 386 g/mol. The maximum Gasteiger partial charge on any atom is 0.325 e. The molecule has 0 aromatic heterocycles. The van der Waals surface area contributed by atoms with Crippen molar-refractivity contribution in [2.75, 3.05) is 19.7 Å². The lowest BCUT2D eigenvalue weighted by Gasteiger charge is -2.08. The summed E-state index contributed by atoms with van der Waals surface area (Å²) in [4.78, 5) is 35.4. The van der Waals surface area contributed by atoms with Crippen molar-refractivity contribution >= 4 is 17.8 Å². The number of ether oxygens (including phenoxy) is 1. The van der Waals surface area contributed by atoms with E-state index >= 15 is 0 Å². The molecule has 7 heteroatoms. The highest BCUT2D eigenvalue weighted by Gasteiger charge is 2.11. The van der Waals surface area contributed by atoms with Gasteiger partial charge in [-0.2, -0.15) is 0 Å². The van der Waals surface area contributed by atoms with Crippen LogP contribution in [-0.4, -0.2) is 37.5 Å². The van der Waals surface area contributed by atoms with Gasteiger partial charge in [0.25, 0.3) is 11.8 Å². The summed E-state index contributed by atoms with van der Waals surface area (Å²) >= 11 is 0. The summed E-state index contributed by atoms with van der Waals surface area (Å²) in [6.45, 7) is 3.43. The molecule has 0 aliphatic rings. The van der Waals surface area contributed by atoms with E-state index in [0.29, 0.717) is 18.5 Å². The molecule has 0 fully saturated rings. The van der Waals surface area contributed by atoms with Crippen LogP contribution in [0.5, 0.6) is 0 Å². The van der Waals surface area contributed by atoms with Crippen molar-refractivity contribution in [2.24, 2.45) is 0 Å². The molecule has 0 saturated heterocycles. The quantitative estimate of drug-likeness (QED) is 0.681. The predicted molar refractivity (Wildman–Crippen MR) is 102 cm³/mol. The third-order valence-corrected chi connectivity index (χ3v) is 4.18. The molecule has 2 amide bonds. The molecule has 0 spiro atoms. The lowest BCUT2D eigenvalue weighted by atomic mass is 10.1. The molecule has 2 N–H and O–H groups in total. The van der Waals surface area contributed by atoms with E-state index in [1.165, 1.54) is 12.1 Å². The van der Waals surface area contributed by atoms with E-state index in [4.69, 9.17) is 4.74 Å². The van der Waals surface area contributed by atoms with Gasteiger partial charge in [0.15, 0.2) is 6.61 Å². The van der Waals surface area contributed by atoms with Crippen LogP contribution < -0.4 is 10.6 Å². The zero-order valence-corrected chi connectivity index (χ0v) is 15.9. The molecular weight excluding hydrogens is 363 g/mol. The number of hydrogen-bond donors (Lipinski definition) is 2. The van der Waals surface area contributed by atoms with Gasteiger partial charge in [0.2, 0.25) is 0 Å². The first kappa shape index (κ1) is 21.1. The lowest BCUT2D eigenvalue weighted by molar-refractivity contribution is -0.147. The van der Waals surface area contributed by atoms with Gasteiger partial charge in [0.05, 0.1) is 0 Å². The van der Waals surface area contributed by atoms with Gasteiger partial charge in [-0.1, -0.05) is 18.2 Å². The first-order chi connectivity index (χ1) is 13.3. The molecule has 2 aromatic rings. The normalized spacial score (nSPS) is 10.2. The van der Waals surface area contributed by atoms with E-state index in [1.54, 1.807) is 24.3 Å². The number of aryl methyl sites for hydroxylation is 2. The van der Waals surface area contributed by atoms with Gasteiger partial charge in [0.1, 0.15) is 12.4 Å². The molecule has 0 saturated carbocycles. The third kappa shape index (κ3) is 6.83. The number of rotatable bonds is 8. The van der Waals surface area contributed by atoms with Gasteiger partial charge in [0, 0.05) is 12.1 Å². The Kier molecular flexibility index (Phi) is 7.68. The van der Waals surface area contributed by atoms with Crippen molar-refractivity contribution in [1.82, 2.24) is 10.6 Å². The van der Waals surface area contributed by atoms with Crippen LogP contribution in [0.15, 0.2) is 42.5 Å². The lowest BCUT2D eigenvalue weighted by Crippen LogP contribution is -2.34. The van der Waals surface area contributed by atoms with Crippen LogP contribution in [-0.2, 0) is 20.7 Å². The zero-order chi connectivity index (χ0) is 20.5.